The van der Waals surface area contributed by atoms with Crippen LogP contribution in [0, 0.1) is 6.92 Å². The standard InChI is InChI=1S/C14H15N5O/c1-3-18-9-15-17-13(18)8-19-12-7-5-4-6-11(12)16-10(2)14(19)20/h4-7,9H,3,8H2,1-2H3. The first-order valence-corrected chi connectivity index (χ1v) is 6.53. The van der Waals surface area contributed by atoms with Crippen LogP contribution in [0.5, 0.6) is 0 Å². The molecular formula is C14H15N5O. The van der Waals surface area contributed by atoms with Gasteiger partial charge in [-0.05, 0) is 26.0 Å². The topological polar surface area (TPSA) is 65.6 Å². The fourth-order valence-electron chi connectivity index (χ4n) is 2.28. The summed E-state index contributed by atoms with van der Waals surface area (Å²) in [5, 5.41) is 8.00. The third-order valence-corrected chi connectivity index (χ3v) is 3.35. The quantitative estimate of drug-likeness (QED) is 0.720. The predicted octanol–water partition coefficient (Wildman–Crippen LogP) is 1.36. The molecule has 0 N–H and O–H groups in total. The van der Waals surface area contributed by atoms with Crippen LogP contribution in [0.1, 0.15) is 18.4 Å². The second-order valence-corrected chi connectivity index (χ2v) is 4.61. The van der Waals surface area contributed by atoms with Crippen LogP contribution in [0.15, 0.2) is 35.4 Å². The Hall–Kier alpha value is -2.50. The average molecular weight is 269 g/mol. The van der Waals surface area contributed by atoms with Gasteiger partial charge in [0.05, 0.1) is 17.6 Å². The van der Waals surface area contributed by atoms with E-state index in [4.69, 9.17) is 0 Å². The summed E-state index contributed by atoms with van der Waals surface area (Å²) in [6, 6.07) is 7.62. The van der Waals surface area contributed by atoms with E-state index in [1.165, 1.54) is 0 Å². The van der Waals surface area contributed by atoms with Crippen molar-refractivity contribution in [2.75, 3.05) is 0 Å². The lowest BCUT2D eigenvalue weighted by Gasteiger charge is -2.11. The first-order valence-electron chi connectivity index (χ1n) is 6.53. The molecule has 0 saturated heterocycles. The van der Waals surface area contributed by atoms with Gasteiger partial charge < -0.3 is 4.57 Å². The van der Waals surface area contributed by atoms with Gasteiger partial charge in [-0.25, -0.2) is 4.98 Å². The second-order valence-electron chi connectivity index (χ2n) is 4.61. The van der Waals surface area contributed by atoms with E-state index in [0.29, 0.717) is 12.2 Å². The molecule has 0 amide bonds. The molecule has 0 atom stereocenters. The lowest BCUT2D eigenvalue weighted by atomic mass is 10.2. The first-order chi connectivity index (χ1) is 9.70. The van der Waals surface area contributed by atoms with Crippen molar-refractivity contribution in [3.63, 3.8) is 0 Å². The van der Waals surface area contributed by atoms with Crippen molar-refractivity contribution in [1.82, 2.24) is 24.3 Å². The molecule has 6 heteroatoms. The number of nitrogens with zero attached hydrogens (tertiary/aromatic N) is 5. The Bertz CT molecular complexity index is 818. The molecule has 0 saturated carbocycles. The van der Waals surface area contributed by atoms with Gasteiger partial charge in [-0.2, -0.15) is 0 Å². The third kappa shape index (κ3) is 1.99. The van der Waals surface area contributed by atoms with Crippen molar-refractivity contribution in [3.8, 4) is 0 Å². The second kappa shape index (κ2) is 4.88. The summed E-state index contributed by atoms with van der Waals surface area (Å²) in [6.45, 7) is 4.93. The molecule has 20 heavy (non-hydrogen) atoms. The van der Waals surface area contributed by atoms with Crippen molar-refractivity contribution in [2.24, 2.45) is 0 Å². The van der Waals surface area contributed by atoms with Crippen LogP contribution in [0.25, 0.3) is 11.0 Å². The van der Waals surface area contributed by atoms with Crippen LogP contribution in [0.2, 0.25) is 0 Å². The van der Waals surface area contributed by atoms with Crippen LogP contribution in [-0.2, 0) is 13.1 Å². The highest BCUT2D eigenvalue weighted by Crippen LogP contribution is 2.11. The summed E-state index contributed by atoms with van der Waals surface area (Å²) >= 11 is 0. The van der Waals surface area contributed by atoms with E-state index >= 15 is 0 Å². The smallest absolute Gasteiger partial charge is 0.272 e. The summed E-state index contributed by atoms with van der Waals surface area (Å²) in [4.78, 5) is 16.7. The maximum Gasteiger partial charge on any atom is 0.272 e. The monoisotopic (exact) mass is 269 g/mol. The van der Waals surface area contributed by atoms with Gasteiger partial charge in [-0.15, -0.1) is 10.2 Å². The van der Waals surface area contributed by atoms with Crippen LogP contribution >= 0.6 is 0 Å². The molecule has 0 fully saturated rings. The summed E-state index contributed by atoms with van der Waals surface area (Å²) < 4.78 is 3.63. The molecule has 0 aliphatic heterocycles. The Balaban J connectivity index is 2.20. The largest absolute Gasteiger partial charge is 0.316 e. The highest BCUT2D eigenvalue weighted by Gasteiger charge is 2.11. The molecule has 3 rings (SSSR count). The highest BCUT2D eigenvalue weighted by molar-refractivity contribution is 5.74. The number of hydrogen-bond donors (Lipinski definition) is 0. The zero-order chi connectivity index (χ0) is 14.1. The Kier molecular flexibility index (Phi) is 3.06. The lowest BCUT2D eigenvalue weighted by molar-refractivity contribution is 0.647. The van der Waals surface area contributed by atoms with Gasteiger partial charge in [0, 0.05) is 6.54 Å². The zero-order valence-corrected chi connectivity index (χ0v) is 11.4. The Labute approximate surface area is 115 Å². The summed E-state index contributed by atoms with van der Waals surface area (Å²) in [7, 11) is 0. The Morgan fingerprint density at radius 2 is 2.05 bits per heavy atom. The molecule has 0 bridgehead atoms. The molecule has 102 valence electrons. The normalized spacial score (nSPS) is 11.1. The number of aryl methyl sites for hydroxylation is 2. The predicted molar refractivity (Wildman–Crippen MR) is 75.5 cm³/mol. The number of fused-ring (bicyclic) bond motifs is 1. The number of para-hydroxylation sites is 2. The molecular weight excluding hydrogens is 254 g/mol. The van der Waals surface area contributed by atoms with Gasteiger partial charge in [0.25, 0.3) is 5.56 Å². The summed E-state index contributed by atoms with van der Waals surface area (Å²) in [5.74, 6) is 0.769. The van der Waals surface area contributed by atoms with Crippen LogP contribution < -0.4 is 5.56 Å². The molecule has 0 aliphatic rings. The van der Waals surface area contributed by atoms with E-state index in [0.717, 1.165) is 23.4 Å². The number of rotatable bonds is 3. The maximum atomic E-state index is 12.4. The van der Waals surface area contributed by atoms with Gasteiger partial charge in [-0.1, -0.05) is 12.1 Å². The SMILES string of the molecule is CCn1cnnc1Cn1c(=O)c(C)nc2ccccc21. The number of aromatic nitrogens is 5. The molecule has 0 radical (unpaired) electrons. The molecule has 0 unspecified atom stereocenters. The lowest BCUT2D eigenvalue weighted by Crippen LogP contribution is -2.25. The molecule has 2 heterocycles. The molecule has 3 aromatic rings. The zero-order valence-electron chi connectivity index (χ0n) is 11.4. The number of benzene rings is 1. The van der Waals surface area contributed by atoms with E-state index in [1.807, 2.05) is 35.8 Å². The van der Waals surface area contributed by atoms with Gasteiger partial charge in [0.1, 0.15) is 12.0 Å². The average Bonchev–Trinajstić information content (AvgIpc) is 2.91. The minimum atomic E-state index is -0.0886. The van der Waals surface area contributed by atoms with E-state index in [9.17, 15) is 4.79 Å². The maximum absolute atomic E-state index is 12.4. The highest BCUT2D eigenvalue weighted by atomic mass is 16.1. The number of hydrogen-bond acceptors (Lipinski definition) is 4. The Morgan fingerprint density at radius 3 is 2.85 bits per heavy atom. The van der Waals surface area contributed by atoms with Crippen molar-refractivity contribution >= 4 is 11.0 Å². The fraction of sp³-hybridized carbons (Fsp3) is 0.286. The van der Waals surface area contributed by atoms with E-state index in [1.54, 1.807) is 17.8 Å². The fourth-order valence-corrected chi connectivity index (χ4v) is 2.28. The van der Waals surface area contributed by atoms with E-state index in [-0.39, 0.29) is 5.56 Å². The van der Waals surface area contributed by atoms with Crippen molar-refractivity contribution < 1.29 is 0 Å². The third-order valence-electron chi connectivity index (χ3n) is 3.35. The van der Waals surface area contributed by atoms with Gasteiger partial charge in [0.15, 0.2) is 5.82 Å². The van der Waals surface area contributed by atoms with Gasteiger partial charge in [0.2, 0.25) is 0 Å². The van der Waals surface area contributed by atoms with Crippen LogP contribution in [0.4, 0.5) is 0 Å². The summed E-state index contributed by atoms with van der Waals surface area (Å²) in [5.41, 5.74) is 2.03. The molecule has 0 aliphatic carbocycles. The van der Waals surface area contributed by atoms with Crippen molar-refractivity contribution in [1.29, 1.82) is 0 Å². The minimum absolute atomic E-state index is 0.0886. The molecule has 6 nitrogen and oxygen atoms in total. The van der Waals surface area contributed by atoms with Crippen molar-refractivity contribution in [2.45, 2.75) is 26.9 Å². The van der Waals surface area contributed by atoms with Crippen LogP contribution in [0.3, 0.4) is 0 Å². The minimum Gasteiger partial charge on any atom is -0.316 e. The van der Waals surface area contributed by atoms with Crippen molar-refractivity contribution in [3.05, 3.63) is 52.5 Å². The first kappa shape index (κ1) is 12.5. The Morgan fingerprint density at radius 1 is 1.25 bits per heavy atom. The molecule has 1 aromatic carbocycles. The van der Waals surface area contributed by atoms with Crippen LogP contribution in [-0.4, -0.2) is 24.3 Å². The van der Waals surface area contributed by atoms with E-state index < -0.39 is 0 Å². The van der Waals surface area contributed by atoms with Gasteiger partial charge >= 0.3 is 0 Å². The summed E-state index contributed by atoms with van der Waals surface area (Å²) in [6.07, 6.45) is 1.68. The molecule has 2 aromatic heterocycles. The van der Waals surface area contributed by atoms with E-state index in [2.05, 4.69) is 15.2 Å². The molecule has 0 spiro atoms. The van der Waals surface area contributed by atoms with Gasteiger partial charge in [-0.3, -0.25) is 9.36 Å².